The molecule has 0 amide bonds. The highest BCUT2D eigenvalue weighted by Crippen LogP contribution is 2.34. The van der Waals surface area contributed by atoms with Crippen LogP contribution >= 0.6 is 10.7 Å². The van der Waals surface area contributed by atoms with E-state index in [0.717, 1.165) is 24.0 Å². The fourth-order valence-electron chi connectivity index (χ4n) is 4.34. The van der Waals surface area contributed by atoms with Crippen LogP contribution in [0.2, 0.25) is 0 Å². The number of carbonyl (C=O) groups excluding carboxylic acids is 1. The molecule has 0 aliphatic rings. The van der Waals surface area contributed by atoms with Crippen LogP contribution < -0.4 is 8.92 Å². The normalized spacial score (nSPS) is 13.5. The topological polar surface area (TPSA) is 113 Å². The molecule has 0 aliphatic carbocycles. The lowest BCUT2D eigenvalue weighted by Crippen LogP contribution is -2.11. The summed E-state index contributed by atoms with van der Waals surface area (Å²) in [6.07, 6.45) is 4.41. The molecule has 220 valence electrons. The second-order valence-electron chi connectivity index (χ2n) is 9.35. The Morgan fingerprint density at radius 3 is 2.05 bits per heavy atom. The Morgan fingerprint density at radius 2 is 1.49 bits per heavy atom. The summed E-state index contributed by atoms with van der Waals surface area (Å²) in [7, 11) is -1.13. The van der Waals surface area contributed by atoms with Gasteiger partial charge in [-0.3, -0.25) is 0 Å². The van der Waals surface area contributed by atoms with Gasteiger partial charge in [0, 0.05) is 16.8 Å². The highest BCUT2D eigenvalue weighted by Gasteiger charge is 2.21. The molecule has 0 N–H and O–H groups in total. The van der Waals surface area contributed by atoms with Gasteiger partial charge in [0.15, 0.2) is 11.5 Å². The maximum absolute atomic E-state index is 13.0. The molecule has 0 spiro atoms. The molecule has 2 unspecified atom stereocenters. The summed E-state index contributed by atoms with van der Waals surface area (Å²) in [5.41, 5.74) is 2.56. The first-order chi connectivity index (χ1) is 19.4. The van der Waals surface area contributed by atoms with Gasteiger partial charge in [-0.15, -0.1) is 0 Å². The highest BCUT2D eigenvalue weighted by molar-refractivity contribution is 8.13. The quantitative estimate of drug-likeness (QED) is 0.0903. The molecule has 0 saturated carbocycles. The average molecular weight is 621 g/mol. The number of methoxy groups -OCH3 is 1. The third kappa shape index (κ3) is 8.82. The Bertz CT molecular complexity index is 1580. The molecular formula is C30H33ClO8S2. The van der Waals surface area contributed by atoms with E-state index in [-0.39, 0.29) is 39.7 Å². The van der Waals surface area contributed by atoms with E-state index in [1.54, 1.807) is 43.3 Å². The zero-order valence-electron chi connectivity index (χ0n) is 23.2. The monoisotopic (exact) mass is 620 g/mol. The fourth-order valence-corrected chi connectivity index (χ4v) is 6.05. The summed E-state index contributed by atoms with van der Waals surface area (Å²) in [4.78, 5) is 11.6. The van der Waals surface area contributed by atoms with Gasteiger partial charge in [-0.05, 0) is 90.8 Å². The van der Waals surface area contributed by atoms with Gasteiger partial charge in [0.1, 0.15) is 4.90 Å². The van der Waals surface area contributed by atoms with Crippen molar-refractivity contribution < 1.29 is 35.3 Å². The molecular weight excluding hydrogens is 588 g/mol. The minimum absolute atomic E-state index is 0.00430. The molecule has 3 rings (SSSR count). The molecule has 0 aromatic heterocycles. The predicted octanol–water partition coefficient (Wildman–Crippen LogP) is 6.65. The largest absolute Gasteiger partial charge is 0.493 e. The molecule has 0 fully saturated rings. The number of benzene rings is 3. The van der Waals surface area contributed by atoms with Crippen molar-refractivity contribution in [2.75, 3.05) is 13.7 Å². The van der Waals surface area contributed by atoms with E-state index in [1.807, 2.05) is 0 Å². The number of hydrogen-bond acceptors (Lipinski definition) is 8. The molecule has 2 atom stereocenters. The highest BCUT2D eigenvalue weighted by atomic mass is 35.7. The maximum Gasteiger partial charge on any atom is 0.339 e. The summed E-state index contributed by atoms with van der Waals surface area (Å²) in [6, 6.07) is 17.7. The first kappa shape index (κ1) is 32.2. The molecule has 0 heterocycles. The number of ether oxygens (including phenoxy) is 2. The Balaban J connectivity index is 1.73. The van der Waals surface area contributed by atoms with Crippen molar-refractivity contribution in [2.24, 2.45) is 0 Å². The van der Waals surface area contributed by atoms with Gasteiger partial charge in [0.25, 0.3) is 9.05 Å². The van der Waals surface area contributed by atoms with E-state index in [0.29, 0.717) is 5.56 Å². The molecule has 0 radical (unpaired) electrons. The van der Waals surface area contributed by atoms with E-state index in [4.69, 9.17) is 24.3 Å². The van der Waals surface area contributed by atoms with Crippen LogP contribution in [0.3, 0.4) is 0 Å². The zero-order valence-corrected chi connectivity index (χ0v) is 25.6. The Kier molecular flexibility index (Phi) is 11.0. The van der Waals surface area contributed by atoms with Gasteiger partial charge in [-0.25, -0.2) is 13.2 Å². The van der Waals surface area contributed by atoms with Gasteiger partial charge in [0.05, 0.1) is 18.6 Å². The predicted molar refractivity (Wildman–Crippen MR) is 158 cm³/mol. The summed E-state index contributed by atoms with van der Waals surface area (Å²) >= 11 is 0. The van der Waals surface area contributed by atoms with Crippen molar-refractivity contribution in [1.82, 2.24) is 0 Å². The van der Waals surface area contributed by atoms with Crippen LogP contribution in [-0.4, -0.2) is 36.5 Å². The third-order valence-corrected chi connectivity index (χ3v) is 9.21. The van der Waals surface area contributed by atoms with Gasteiger partial charge in [-0.1, -0.05) is 44.2 Å². The van der Waals surface area contributed by atoms with Gasteiger partial charge in [-0.2, -0.15) is 8.42 Å². The lowest BCUT2D eigenvalue weighted by Gasteiger charge is -2.21. The minimum Gasteiger partial charge on any atom is -0.493 e. The second-order valence-corrected chi connectivity index (χ2v) is 13.5. The van der Waals surface area contributed by atoms with Crippen molar-refractivity contribution in [3.05, 3.63) is 89.5 Å². The summed E-state index contributed by atoms with van der Waals surface area (Å²) in [5.74, 6) is -0.0158. The van der Waals surface area contributed by atoms with Crippen LogP contribution in [0.5, 0.6) is 11.5 Å². The van der Waals surface area contributed by atoms with Gasteiger partial charge >= 0.3 is 16.1 Å². The van der Waals surface area contributed by atoms with Crippen molar-refractivity contribution in [3.8, 4) is 11.5 Å². The van der Waals surface area contributed by atoms with E-state index in [9.17, 15) is 21.6 Å². The Morgan fingerprint density at radius 1 is 0.878 bits per heavy atom. The molecule has 0 saturated heterocycles. The van der Waals surface area contributed by atoms with Gasteiger partial charge in [0.2, 0.25) is 0 Å². The van der Waals surface area contributed by atoms with E-state index in [2.05, 4.69) is 13.8 Å². The molecule has 8 nitrogen and oxygen atoms in total. The van der Waals surface area contributed by atoms with Gasteiger partial charge < -0.3 is 13.7 Å². The lowest BCUT2D eigenvalue weighted by molar-refractivity contribution is -0.137. The first-order valence-electron chi connectivity index (χ1n) is 13.0. The standard InChI is InChI=1S/C30H33ClO8S2/c1-5-23(19-21(3)24-9-13-26(14-10-24)40(31,33)34)25-11-15-27(16-12-25)41(35,36)39-28-17-7-22(20-29(28)37-4)8-18-30(32)38-6-2/h7-18,20-21,23H,5-6,19H2,1-4H3/b18-8+. The Labute approximate surface area is 246 Å². The van der Waals surface area contributed by atoms with Crippen molar-refractivity contribution in [3.63, 3.8) is 0 Å². The molecule has 41 heavy (non-hydrogen) atoms. The number of esters is 1. The lowest BCUT2D eigenvalue weighted by atomic mass is 9.85. The summed E-state index contributed by atoms with van der Waals surface area (Å²) < 4.78 is 64.7. The van der Waals surface area contributed by atoms with Crippen molar-refractivity contribution in [1.29, 1.82) is 0 Å². The van der Waals surface area contributed by atoms with Crippen LogP contribution in [0.25, 0.3) is 6.08 Å². The second kappa shape index (κ2) is 14.0. The summed E-state index contributed by atoms with van der Waals surface area (Å²) in [5, 5.41) is 0. The molecule has 0 aliphatic heterocycles. The van der Waals surface area contributed by atoms with Crippen LogP contribution in [0, 0.1) is 0 Å². The van der Waals surface area contributed by atoms with E-state index in [1.165, 1.54) is 49.6 Å². The zero-order chi connectivity index (χ0) is 30.2. The summed E-state index contributed by atoms with van der Waals surface area (Å²) in [6.45, 7) is 6.09. The van der Waals surface area contributed by atoms with Crippen LogP contribution in [-0.2, 0) is 28.7 Å². The Hall–Kier alpha value is -3.34. The maximum atomic E-state index is 13.0. The molecule has 3 aromatic rings. The first-order valence-corrected chi connectivity index (χ1v) is 16.7. The molecule has 0 bridgehead atoms. The SMILES string of the molecule is CCOC(=O)/C=C/c1ccc(OS(=O)(=O)c2ccc(C(CC)CC(C)c3ccc(S(=O)(=O)Cl)cc3)cc2)c(OC)c1. The minimum atomic E-state index is -4.16. The number of rotatable bonds is 13. The number of hydrogen-bond donors (Lipinski definition) is 0. The van der Waals surface area contributed by atoms with Crippen molar-refractivity contribution in [2.45, 2.75) is 55.2 Å². The smallest absolute Gasteiger partial charge is 0.339 e. The van der Waals surface area contributed by atoms with E-state index < -0.39 is 25.1 Å². The fraction of sp³-hybridized carbons (Fsp3) is 0.300. The molecule has 11 heteroatoms. The van der Waals surface area contributed by atoms with Crippen LogP contribution in [0.1, 0.15) is 62.1 Å². The van der Waals surface area contributed by atoms with Crippen LogP contribution in [0.15, 0.2) is 82.6 Å². The third-order valence-electron chi connectivity index (χ3n) is 6.59. The van der Waals surface area contributed by atoms with Crippen molar-refractivity contribution >= 4 is 41.9 Å². The number of halogens is 1. The molecule has 3 aromatic carbocycles. The number of carbonyl (C=O) groups is 1. The van der Waals surface area contributed by atoms with E-state index >= 15 is 0 Å². The average Bonchev–Trinajstić information content (AvgIpc) is 2.95. The van der Waals surface area contributed by atoms with Crippen LogP contribution in [0.4, 0.5) is 0 Å².